The molecule has 2 atom stereocenters. The van der Waals surface area contributed by atoms with Gasteiger partial charge in [-0.15, -0.1) is 0 Å². The van der Waals surface area contributed by atoms with Gasteiger partial charge in [-0.2, -0.15) is 13.2 Å². The van der Waals surface area contributed by atoms with E-state index in [4.69, 9.17) is 4.74 Å². The van der Waals surface area contributed by atoms with Gasteiger partial charge in [0.1, 0.15) is 0 Å². The van der Waals surface area contributed by atoms with Gasteiger partial charge < -0.3 is 4.74 Å². The third-order valence-electron chi connectivity index (χ3n) is 5.22. The van der Waals surface area contributed by atoms with Crippen LogP contribution in [0.1, 0.15) is 57.2 Å². The SMILES string of the molecule is O=C1c2ccccc2C(=O)N1C[C@H]1CCC[C@@H](c2ccc(C(F)(F)F)cc2)O1. The minimum Gasteiger partial charge on any atom is -0.368 e. The Morgan fingerprint density at radius 1 is 0.929 bits per heavy atom. The molecule has 2 amide bonds. The Morgan fingerprint density at radius 3 is 2.11 bits per heavy atom. The summed E-state index contributed by atoms with van der Waals surface area (Å²) < 4.78 is 44.2. The smallest absolute Gasteiger partial charge is 0.368 e. The van der Waals surface area contributed by atoms with Gasteiger partial charge in [-0.1, -0.05) is 24.3 Å². The fraction of sp³-hybridized carbons (Fsp3) is 0.333. The third kappa shape index (κ3) is 3.42. The van der Waals surface area contributed by atoms with E-state index in [0.717, 1.165) is 18.6 Å². The maximum Gasteiger partial charge on any atom is 0.416 e. The molecule has 2 aromatic carbocycles. The molecule has 0 unspecified atom stereocenters. The highest BCUT2D eigenvalue weighted by atomic mass is 19.4. The van der Waals surface area contributed by atoms with Crippen molar-refractivity contribution in [1.82, 2.24) is 4.90 Å². The number of halogens is 3. The predicted molar refractivity (Wildman–Crippen MR) is 94.7 cm³/mol. The summed E-state index contributed by atoms with van der Waals surface area (Å²) in [4.78, 5) is 26.2. The number of imide groups is 1. The number of hydrogen-bond donors (Lipinski definition) is 0. The molecular weight excluding hydrogens is 371 g/mol. The zero-order chi connectivity index (χ0) is 19.9. The summed E-state index contributed by atoms with van der Waals surface area (Å²) in [6.07, 6.45) is -2.90. The lowest BCUT2D eigenvalue weighted by Crippen LogP contribution is -2.39. The van der Waals surface area contributed by atoms with Crippen LogP contribution in [0, 0.1) is 0 Å². The minimum absolute atomic E-state index is 0.142. The van der Waals surface area contributed by atoms with Crippen molar-refractivity contribution in [1.29, 1.82) is 0 Å². The van der Waals surface area contributed by atoms with Crippen LogP contribution in [0.2, 0.25) is 0 Å². The number of fused-ring (bicyclic) bond motifs is 1. The van der Waals surface area contributed by atoms with Crippen LogP contribution < -0.4 is 0 Å². The highest BCUT2D eigenvalue weighted by Gasteiger charge is 2.38. The number of rotatable bonds is 3. The molecule has 4 nitrogen and oxygen atoms in total. The molecule has 0 aromatic heterocycles. The summed E-state index contributed by atoms with van der Waals surface area (Å²) in [7, 11) is 0. The van der Waals surface area contributed by atoms with Crippen LogP contribution in [0.4, 0.5) is 13.2 Å². The van der Waals surface area contributed by atoms with Gasteiger partial charge in [-0.05, 0) is 49.1 Å². The van der Waals surface area contributed by atoms with E-state index in [9.17, 15) is 22.8 Å². The monoisotopic (exact) mass is 389 g/mol. The van der Waals surface area contributed by atoms with Crippen LogP contribution in [0.15, 0.2) is 48.5 Å². The second-order valence-electron chi connectivity index (χ2n) is 7.06. The molecule has 28 heavy (non-hydrogen) atoms. The maximum absolute atomic E-state index is 12.7. The van der Waals surface area contributed by atoms with Crippen molar-refractivity contribution in [2.45, 2.75) is 37.6 Å². The van der Waals surface area contributed by atoms with Crippen LogP contribution >= 0.6 is 0 Å². The molecule has 146 valence electrons. The number of benzene rings is 2. The molecule has 0 saturated carbocycles. The molecule has 0 radical (unpaired) electrons. The van der Waals surface area contributed by atoms with Crippen molar-refractivity contribution >= 4 is 11.8 Å². The Labute approximate surface area is 159 Å². The second-order valence-corrected chi connectivity index (χ2v) is 7.06. The van der Waals surface area contributed by atoms with Crippen LogP contribution in [0.25, 0.3) is 0 Å². The molecule has 4 rings (SSSR count). The molecule has 0 N–H and O–H groups in total. The minimum atomic E-state index is -4.38. The van der Waals surface area contributed by atoms with Crippen molar-refractivity contribution in [2.75, 3.05) is 6.54 Å². The van der Waals surface area contributed by atoms with Gasteiger partial charge in [0.25, 0.3) is 11.8 Å². The van der Waals surface area contributed by atoms with E-state index >= 15 is 0 Å². The van der Waals surface area contributed by atoms with Crippen molar-refractivity contribution in [3.8, 4) is 0 Å². The lowest BCUT2D eigenvalue weighted by Gasteiger charge is -2.32. The van der Waals surface area contributed by atoms with E-state index in [-0.39, 0.29) is 30.6 Å². The Bertz CT molecular complexity index is 873. The summed E-state index contributed by atoms with van der Waals surface area (Å²) in [6.45, 7) is 0.142. The standard InChI is InChI=1S/C21H18F3NO3/c22-21(23,24)14-10-8-13(9-11-14)18-7-3-4-15(28-18)12-25-19(26)16-5-1-2-6-17(16)20(25)27/h1-2,5-6,8-11,15,18H,3-4,7,12H2/t15-,18+/m1/s1. The summed E-state index contributed by atoms with van der Waals surface area (Å²) >= 11 is 0. The quantitative estimate of drug-likeness (QED) is 0.720. The zero-order valence-corrected chi connectivity index (χ0v) is 14.9. The molecule has 2 aliphatic heterocycles. The average molecular weight is 389 g/mol. The maximum atomic E-state index is 12.7. The lowest BCUT2D eigenvalue weighted by atomic mass is 9.97. The average Bonchev–Trinajstić information content (AvgIpc) is 2.93. The largest absolute Gasteiger partial charge is 0.416 e. The highest BCUT2D eigenvalue weighted by molar-refractivity contribution is 6.21. The van der Waals surface area contributed by atoms with Crippen molar-refractivity contribution in [2.24, 2.45) is 0 Å². The number of ether oxygens (including phenoxy) is 1. The highest BCUT2D eigenvalue weighted by Crippen LogP contribution is 2.35. The number of nitrogens with zero attached hydrogens (tertiary/aromatic N) is 1. The fourth-order valence-electron chi connectivity index (χ4n) is 3.77. The third-order valence-corrected chi connectivity index (χ3v) is 5.22. The molecule has 1 fully saturated rings. The van der Waals surface area contributed by atoms with Crippen molar-refractivity contribution in [3.05, 3.63) is 70.8 Å². The molecule has 2 aromatic rings. The summed E-state index contributed by atoms with van der Waals surface area (Å²) in [5, 5.41) is 0. The second kappa shape index (κ2) is 7.05. The van der Waals surface area contributed by atoms with E-state index in [1.165, 1.54) is 17.0 Å². The van der Waals surface area contributed by atoms with Crippen molar-refractivity contribution < 1.29 is 27.5 Å². The van der Waals surface area contributed by atoms with Gasteiger partial charge >= 0.3 is 6.18 Å². The van der Waals surface area contributed by atoms with Gasteiger partial charge in [0, 0.05) is 0 Å². The number of alkyl halides is 3. The first kappa shape index (κ1) is 18.7. The normalized spacial score (nSPS) is 22.5. The number of carbonyl (C=O) groups is 2. The van der Waals surface area contributed by atoms with Gasteiger partial charge in [0.05, 0.1) is 35.4 Å². The first-order chi connectivity index (χ1) is 13.3. The van der Waals surface area contributed by atoms with Crippen LogP contribution in [0.3, 0.4) is 0 Å². The van der Waals surface area contributed by atoms with E-state index in [1.54, 1.807) is 24.3 Å². The molecule has 0 bridgehead atoms. The van der Waals surface area contributed by atoms with Crippen molar-refractivity contribution in [3.63, 3.8) is 0 Å². The predicted octanol–water partition coefficient (Wildman–Crippen LogP) is 4.61. The number of hydrogen-bond acceptors (Lipinski definition) is 3. The Kier molecular flexibility index (Phi) is 4.71. The summed E-state index contributed by atoms with van der Waals surface area (Å²) in [5.41, 5.74) is 0.750. The number of amides is 2. The summed E-state index contributed by atoms with van der Waals surface area (Å²) in [6, 6.07) is 11.6. The van der Waals surface area contributed by atoms with Crippen LogP contribution in [-0.2, 0) is 10.9 Å². The fourth-order valence-corrected chi connectivity index (χ4v) is 3.77. The molecule has 0 aliphatic carbocycles. The molecule has 1 saturated heterocycles. The topological polar surface area (TPSA) is 46.6 Å². The van der Waals surface area contributed by atoms with E-state index in [1.807, 2.05) is 0 Å². The number of carbonyl (C=O) groups excluding carboxylic acids is 2. The van der Waals surface area contributed by atoms with Gasteiger partial charge in [0.2, 0.25) is 0 Å². The molecule has 2 aliphatic rings. The molecule has 0 spiro atoms. The molecular formula is C21H18F3NO3. The van der Waals surface area contributed by atoms with Crippen LogP contribution in [-0.4, -0.2) is 29.4 Å². The Hall–Kier alpha value is -2.67. The Morgan fingerprint density at radius 2 is 1.54 bits per heavy atom. The zero-order valence-electron chi connectivity index (χ0n) is 14.9. The first-order valence-electron chi connectivity index (χ1n) is 9.12. The van der Waals surface area contributed by atoms with E-state index < -0.39 is 11.7 Å². The van der Waals surface area contributed by atoms with Gasteiger partial charge in [-0.3, -0.25) is 14.5 Å². The lowest BCUT2D eigenvalue weighted by molar-refractivity contribution is -0.137. The van der Waals surface area contributed by atoms with Crippen LogP contribution in [0.5, 0.6) is 0 Å². The molecule has 7 heteroatoms. The Balaban J connectivity index is 1.45. The van der Waals surface area contributed by atoms with E-state index in [0.29, 0.717) is 29.5 Å². The molecule has 2 heterocycles. The first-order valence-corrected chi connectivity index (χ1v) is 9.12. The van der Waals surface area contributed by atoms with Gasteiger partial charge in [-0.25, -0.2) is 0 Å². The van der Waals surface area contributed by atoms with E-state index in [2.05, 4.69) is 0 Å². The summed E-state index contributed by atoms with van der Waals surface area (Å²) in [5.74, 6) is -0.665. The van der Waals surface area contributed by atoms with Gasteiger partial charge in [0.15, 0.2) is 0 Å².